The second-order valence-corrected chi connectivity index (χ2v) is 5.49. The van der Waals surface area contributed by atoms with Gasteiger partial charge in [0.15, 0.2) is 5.60 Å². The molecule has 2 unspecified atom stereocenters. The van der Waals surface area contributed by atoms with Gasteiger partial charge >= 0.3 is 0 Å². The highest BCUT2D eigenvalue weighted by Gasteiger charge is 2.45. The molecular formula is C15H17BFIO2. The highest BCUT2D eigenvalue weighted by Crippen LogP contribution is 2.43. The largest absolute Gasteiger partial charge is 0.390 e. The summed E-state index contributed by atoms with van der Waals surface area (Å²) in [7, 11) is 1.94. The van der Waals surface area contributed by atoms with E-state index >= 15 is 0 Å². The lowest BCUT2D eigenvalue weighted by Crippen LogP contribution is -2.44. The molecule has 2 atom stereocenters. The van der Waals surface area contributed by atoms with Gasteiger partial charge in [-0.3, -0.25) is 3.07 Å². The predicted molar refractivity (Wildman–Crippen MR) is 89.6 cm³/mol. The predicted octanol–water partition coefficient (Wildman–Crippen LogP) is 2.46. The van der Waals surface area contributed by atoms with Crippen LogP contribution in [-0.4, -0.2) is 19.1 Å². The second kappa shape index (κ2) is 6.41. The lowest BCUT2D eigenvalue weighted by molar-refractivity contribution is 0.00813. The molecule has 1 aromatic carbocycles. The Hall–Kier alpha value is -0.655. The Kier molecular flexibility index (Phi) is 5.04. The third-order valence-electron chi connectivity index (χ3n) is 3.75. The van der Waals surface area contributed by atoms with Crippen LogP contribution >= 0.6 is 23.0 Å². The summed E-state index contributed by atoms with van der Waals surface area (Å²) in [6, 6.07) is 7.61. The molecule has 1 aliphatic rings. The van der Waals surface area contributed by atoms with E-state index < -0.39 is 11.7 Å². The Morgan fingerprint density at radius 3 is 2.55 bits per heavy atom. The average Bonchev–Trinajstić information content (AvgIpc) is 2.43. The molecule has 0 bridgehead atoms. The van der Waals surface area contributed by atoms with E-state index in [4.69, 9.17) is 3.07 Å². The van der Waals surface area contributed by atoms with Crippen molar-refractivity contribution in [2.75, 3.05) is 0 Å². The van der Waals surface area contributed by atoms with E-state index in [1.165, 1.54) is 0 Å². The molecular weight excluding hydrogens is 369 g/mol. The summed E-state index contributed by atoms with van der Waals surface area (Å²) in [5.41, 5.74) is 1.00. The first kappa shape index (κ1) is 15.7. The molecule has 5 heteroatoms. The van der Waals surface area contributed by atoms with Crippen LogP contribution < -0.4 is 5.46 Å². The molecule has 0 heterocycles. The van der Waals surface area contributed by atoms with E-state index in [0.717, 1.165) is 17.4 Å². The minimum atomic E-state index is -1.17. The monoisotopic (exact) mass is 386 g/mol. The number of hydrogen-bond acceptors (Lipinski definition) is 2. The highest BCUT2D eigenvalue weighted by molar-refractivity contribution is 14.1. The van der Waals surface area contributed by atoms with Crippen LogP contribution in [0.15, 0.2) is 47.8 Å². The molecule has 0 radical (unpaired) electrons. The van der Waals surface area contributed by atoms with Gasteiger partial charge in [-0.2, -0.15) is 0 Å². The van der Waals surface area contributed by atoms with Gasteiger partial charge in [-0.15, -0.1) is 0 Å². The van der Waals surface area contributed by atoms with E-state index in [2.05, 4.69) is 0 Å². The van der Waals surface area contributed by atoms with Gasteiger partial charge in [-0.25, -0.2) is 4.39 Å². The van der Waals surface area contributed by atoms with Crippen LogP contribution in [-0.2, 0) is 8.67 Å². The Labute approximate surface area is 133 Å². The van der Waals surface area contributed by atoms with E-state index in [-0.39, 0.29) is 5.83 Å². The molecule has 2 rings (SSSR count). The van der Waals surface area contributed by atoms with Crippen molar-refractivity contribution in [1.82, 2.24) is 0 Å². The van der Waals surface area contributed by atoms with Crippen LogP contribution in [0.3, 0.4) is 0 Å². The van der Waals surface area contributed by atoms with E-state index in [1.54, 1.807) is 36.0 Å². The molecule has 20 heavy (non-hydrogen) atoms. The Balaban J connectivity index is 2.66. The van der Waals surface area contributed by atoms with Crippen LogP contribution in [0.4, 0.5) is 4.39 Å². The molecule has 0 saturated carbocycles. The first-order chi connectivity index (χ1) is 9.54. The van der Waals surface area contributed by atoms with Gasteiger partial charge in [0.05, 0.1) is 6.10 Å². The van der Waals surface area contributed by atoms with Gasteiger partial charge in [0.2, 0.25) is 0 Å². The second-order valence-electron chi connectivity index (χ2n) is 5.05. The summed E-state index contributed by atoms with van der Waals surface area (Å²) in [5, 5.41) is 10.3. The Bertz CT molecular complexity index is 557. The molecule has 106 valence electrons. The Morgan fingerprint density at radius 2 is 2.00 bits per heavy atom. The zero-order valence-corrected chi connectivity index (χ0v) is 13.7. The highest BCUT2D eigenvalue weighted by atomic mass is 127. The number of aliphatic hydroxyl groups is 1. The molecule has 1 aliphatic carbocycles. The SMILES string of the molecule is Bc1ccccc1C(OI)(C1=CCCC=C1F)C(C)O. The smallest absolute Gasteiger partial charge is 0.158 e. The van der Waals surface area contributed by atoms with Crippen LogP contribution in [0.5, 0.6) is 0 Å². The van der Waals surface area contributed by atoms with E-state index in [1.807, 2.05) is 38.2 Å². The molecule has 2 nitrogen and oxygen atoms in total. The number of halogens is 2. The van der Waals surface area contributed by atoms with Crippen molar-refractivity contribution in [3.63, 3.8) is 0 Å². The van der Waals surface area contributed by atoms with Gasteiger partial charge in [0.25, 0.3) is 0 Å². The number of rotatable bonds is 4. The first-order valence-corrected chi connectivity index (χ1v) is 7.52. The van der Waals surface area contributed by atoms with Gasteiger partial charge in [-0.1, -0.05) is 35.8 Å². The van der Waals surface area contributed by atoms with Crippen LogP contribution in [0, 0.1) is 0 Å². The van der Waals surface area contributed by atoms with Crippen molar-refractivity contribution >= 4 is 36.3 Å². The van der Waals surface area contributed by atoms with Gasteiger partial charge in [0, 0.05) is 5.57 Å². The third-order valence-corrected chi connectivity index (χ3v) is 4.45. The van der Waals surface area contributed by atoms with Crippen molar-refractivity contribution in [3.05, 3.63) is 53.4 Å². The molecule has 0 saturated heterocycles. The maximum atomic E-state index is 14.3. The van der Waals surface area contributed by atoms with Crippen LogP contribution in [0.1, 0.15) is 25.3 Å². The van der Waals surface area contributed by atoms with E-state index in [0.29, 0.717) is 12.0 Å². The van der Waals surface area contributed by atoms with Gasteiger partial charge in [0.1, 0.15) is 36.7 Å². The molecule has 0 aliphatic heterocycles. The summed E-state index contributed by atoms with van der Waals surface area (Å²) < 4.78 is 20.0. The van der Waals surface area contributed by atoms with E-state index in [9.17, 15) is 9.50 Å². The molecule has 0 spiro atoms. The molecule has 0 amide bonds. The number of benzene rings is 1. The zero-order valence-electron chi connectivity index (χ0n) is 11.6. The maximum absolute atomic E-state index is 14.3. The van der Waals surface area contributed by atoms with Crippen LogP contribution in [0.25, 0.3) is 0 Å². The molecule has 1 N–H and O–H groups in total. The summed E-state index contributed by atoms with van der Waals surface area (Å²) in [4.78, 5) is 0. The minimum absolute atomic E-state index is 0.308. The fourth-order valence-electron chi connectivity index (χ4n) is 2.71. The van der Waals surface area contributed by atoms with Crippen LogP contribution in [0.2, 0.25) is 0 Å². The van der Waals surface area contributed by atoms with Crippen molar-refractivity contribution in [2.24, 2.45) is 0 Å². The fraction of sp³-hybridized carbons (Fsp3) is 0.333. The topological polar surface area (TPSA) is 29.5 Å². The average molecular weight is 386 g/mol. The third kappa shape index (κ3) is 2.58. The zero-order chi connectivity index (χ0) is 14.8. The van der Waals surface area contributed by atoms with Crippen molar-refractivity contribution < 1.29 is 12.6 Å². The standard InChI is InChI=1S/C15H17BFIO2/c1-10(19)15(20-18,11-6-2-4-8-13(11)16)12-7-3-5-9-14(12)17/h2,4,6-10,19H,3,5,16H2,1H3. The van der Waals surface area contributed by atoms with Crippen molar-refractivity contribution in [3.8, 4) is 0 Å². The first-order valence-electron chi connectivity index (χ1n) is 6.64. The molecule has 0 aromatic heterocycles. The fourth-order valence-corrected chi connectivity index (χ4v) is 3.55. The normalized spacial score (nSPS) is 19.8. The number of allylic oxidation sites excluding steroid dienone is 2. The van der Waals surface area contributed by atoms with Gasteiger partial charge in [-0.05, 0) is 31.4 Å². The summed E-state index contributed by atoms with van der Waals surface area (Å²) >= 11 is 1.76. The summed E-state index contributed by atoms with van der Waals surface area (Å²) in [6.45, 7) is 1.63. The lowest BCUT2D eigenvalue weighted by Gasteiger charge is -2.38. The summed E-state index contributed by atoms with van der Waals surface area (Å²) in [6.07, 6.45) is 3.95. The number of aliphatic hydroxyl groups excluding tert-OH is 1. The molecule has 0 fully saturated rings. The number of hydrogen-bond donors (Lipinski definition) is 1. The van der Waals surface area contributed by atoms with Crippen molar-refractivity contribution in [1.29, 1.82) is 0 Å². The lowest BCUT2D eigenvalue weighted by atomic mass is 9.74. The summed E-state index contributed by atoms with van der Waals surface area (Å²) in [5.74, 6) is -0.308. The van der Waals surface area contributed by atoms with Gasteiger partial charge < -0.3 is 5.11 Å². The maximum Gasteiger partial charge on any atom is 0.158 e. The molecule has 1 aromatic rings. The quantitative estimate of drug-likeness (QED) is 0.637. The minimum Gasteiger partial charge on any atom is -0.390 e. The van der Waals surface area contributed by atoms with Crippen molar-refractivity contribution in [2.45, 2.75) is 31.5 Å². The Morgan fingerprint density at radius 1 is 1.35 bits per heavy atom.